The zero-order valence-corrected chi connectivity index (χ0v) is 19.4. The molecule has 4 rings (SSSR count). The predicted molar refractivity (Wildman–Crippen MR) is 126 cm³/mol. The van der Waals surface area contributed by atoms with Crippen LogP contribution in [0, 0.1) is 5.92 Å². The monoisotopic (exact) mass is 466 g/mol. The minimum Gasteiger partial charge on any atom is -0.338 e. The third-order valence-electron chi connectivity index (χ3n) is 5.81. The summed E-state index contributed by atoms with van der Waals surface area (Å²) in [5.74, 6) is 0.763. The van der Waals surface area contributed by atoms with E-state index in [9.17, 15) is 18.0 Å². The molecule has 2 aromatic carbocycles. The molecule has 9 heteroatoms. The zero-order chi connectivity index (χ0) is 23.6. The summed E-state index contributed by atoms with van der Waals surface area (Å²) in [7, 11) is -3.31. The van der Waals surface area contributed by atoms with Gasteiger partial charge in [0.25, 0.3) is 5.91 Å². The van der Waals surface area contributed by atoms with Gasteiger partial charge in [-0.2, -0.15) is 0 Å². The van der Waals surface area contributed by atoms with Crippen LogP contribution in [-0.2, 0) is 21.1 Å². The number of aromatic nitrogens is 2. The highest BCUT2D eigenvalue weighted by atomic mass is 32.2. The molecule has 1 aromatic heterocycles. The number of benzene rings is 2. The Bertz CT molecular complexity index is 1310. The van der Waals surface area contributed by atoms with Gasteiger partial charge in [-0.15, -0.1) is 0 Å². The zero-order valence-electron chi connectivity index (χ0n) is 18.6. The topological polar surface area (TPSA) is 109 Å². The van der Waals surface area contributed by atoms with Crippen molar-refractivity contribution in [1.82, 2.24) is 14.9 Å². The third kappa shape index (κ3) is 5.36. The molecule has 0 bridgehead atoms. The lowest BCUT2D eigenvalue weighted by atomic mass is 10.0. The fraction of sp³-hybridized carbons (Fsp3) is 0.333. The Morgan fingerprint density at radius 3 is 2.61 bits per heavy atom. The van der Waals surface area contributed by atoms with Gasteiger partial charge in [-0.05, 0) is 54.8 Å². The van der Waals surface area contributed by atoms with E-state index in [-0.39, 0.29) is 22.6 Å². The minimum absolute atomic E-state index is 0.0388. The fourth-order valence-electron chi connectivity index (χ4n) is 3.94. The number of carbonyl (C=O) groups is 2. The van der Waals surface area contributed by atoms with Crippen molar-refractivity contribution in [2.24, 2.45) is 5.92 Å². The summed E-state index contributed by atoms with van der Waals surface area (Å²) in [4.78, 5) is 35.5. The number of sulfone groups is 1. The molecule has 0 radical (unpaired) electrons. The quantitative estimate of drug-likeness (QED) is 0.598. The average molecular weight is 467 g/mol. The van der Waals surface area contributed by atoms with Crippen LogP contribution in [0.5, 0.6) is 0 Å². The van der Waals surface area contributed by atoms with Crippen molar-refractivity contribution in [3.05, 3.63) is 60.0 Å². The number of nitrogens with one attached hydrogen (secondary N) is 1. The molecule has 0 spiro atoms. The van der Waals surface area contributed by atoms with E-state index in [4.69, 9.17) is 0 Å². The summed E-state index contributed by atoms with van der Waals surface area (Å²) in [6.07, 6.45) is 4.75. The van der Waals surface area contributed by atoms with Gasteiger partial charge in [0, 0.05) is 55.0 Å². The molecule has 8 nitrogen and oxygen atoms in total. The molecule has 1 saturated heterocycles. The van der Waals surface area contributed by atoms with E-state index < -0.39 is 9.84 Å². The minimum atomic E-state index is -3.31. The maximum Gasteiger partial charge on any atom is 0.253 e. The predicted octanol–water partition coefficient (Wildman–Crippen LogP) is 3.09. The highest BCUT2D eigenvalue weighted by Crippen LogP contribution is 2.23. The van der Waals surface area contributed by atoms with Crippen LogP contribution in [-0.4, -0.2) is 54.4 Å². The van der Waals surface area contributed by atoms with Crippen LogP contribution >= 0.6 is 0 Å². The SMILES string of the molecule is CCC(=O)Nc1ccc(C(=O)N2CC[C@@H](Cc3ncc4ccc(S(C)(=O)=O)cc4n3)C2)cc1. The normalized spacial score (nSPS) is 16.2. The first kappa shape index (κ1) is 22.8. The first-order valence-electron chi connectivity index (χ1n) is 10.9. The van der Waals surface area contributed by atoms with E-state index in [1.807, 2.05) is 4.90 Å². The van der Waals surface area contributed by atoms with Gasteiger partial charge >= 0.3 is 0 Å². The number of rotatable bonds is 6. The molecule has 0 unspecified atom stereocenters. The second-order valence-electron chi connectivity index (χ2n) is 8.37. The Morgan fingerprint density at radius 2 is 1.91 bits per heavy atom. The van der Waals surface area contributed by atoms with Crippen LogP contribution in [0.3, 0.4) is 0 Å². The van der Waals surface area contributed by atoms with E-state index in [1.54, 1.807) is 55.6 Å². The van der Waals surface area contributed by atoms with Crippen molar-refractivity contribution in [3.63, 3.8) is 0 Å². The van der Waals surface area contributed by atoms with E-state index in [0.717, 1.165) is 11.8 Å². The van der Waals surface area contributed by atoms with Gasteiger partial charge in [-0.1, -0.05) is 6.92 Å². The number of nitrogens with zero attached hydrogens (tertiary/aromatic N) is 3. The van der Waals surface area contributed by atoms with Crippen LogP contribution < -0.4 is 5.32 Å². The largest absolute Gasteiger partial charge is 0.338 e. The molecule has 2 amide bonds. The highest BCUT2D eigenvalue weighted by molar-refractivity contribution is 7.90. The molecule has 0 aliphatic carbocycles. The molecule has 0 saturated carbocycles. The standard InChI is InChI=1S/C24H26N4O4S/c1-3-23(29)26-19-7-4-17(5-8-19)24(30)28-11-10-16(15-28)12-22-25-14-18-6-9-20(33(2,31)32)13-21(18)27-22/h4-9,13-14,16H,3,10-12,15H2,1-2H3,(H,26,29)/t16-/m0/s1. The number of hydrogen-bond donors (Lipinski definition) is 1. The fourth-order valence-corrected chi connectivity index (χ4v) is 4.58. The summed E-state index contributed by atoms with van der Waals surface area (Å²) in [5, 5.41) is 3.56. The third-order valence-corrected chi connectivity index (χ3v) is 6.92. The number of carbonyl (C=O) groups excluding carboxylic acids is 2. The van der Waals surface area contributed by atoms with E-state index in [2.05, 4.69) is 15.3 Å². The molecule has 2 heterocycles. The summed E-state index contributed by atoms with van der Waals surface area (Å²) in [5.41, 5.74) is 1.86. The van der Waals surface area contributed by atoms with Crippen molar-refractivity contribution < 1.29 is 18.0 Å². The summed E-state index contributed by atoms with van der Waals surface area (Å²) < 4.78 is 23.7. The molecule has 3 aromatic rings. The second kappa shape index (κ2) is 9.27. The highest BCUT2D eigenvalue weighted by Gasteiger charge is 2.27. The molecular formula is C24H26N4O4S. The number of amides is 2. The van der Waals surface area contributed by atoms with E-state index in [0.29, 0.717) is 48.5 Å². The van der Waals surface area contributed by atoms with Gasteiger partial charge in [-0.25, -0.2) is 18.4 Å². The van der Waals surface area contributed by atoms with Crippen molar-refractivity contribution >= 4 is 38.2 Å². The van der Waals surface area contributed by atoms with Crippen LogP contribution in [0.4, 0.5) is 5.69 Å². The summed E-state index contributed by atoms with van der Waals surface area (Å²) >= 11 is 0. The lowest BCUT2D eigenvalue weighted by Gasteiger charge is -2.17. The van der Waals surface area contributed by atoms with Gasteiger partial charge < -0.3 is 10.2 Å². The Balaban J connectivity index is 1.41. The first-order chi connectivity index (χ1) is 15.7. The number of anilines is 1. The molecule has 1 atom stereocenters. The average Bonchev–Trinajstić information content (AvgIpc) is 3.26. The smallest absolute Gasteiger partial charge is 0.253 e. The Morgan fingerprint density at radius 1 is 1.15 bits per heavy atom. The van der Waals surface area contributed by atoms with Crippen molar-refractivity contribution in [2.75, 3.05) is 24.7 Å². The van der Waals surface area contributed by atoms with Crippen LogP contribution in [0.1, 0.15) is 35.9 Å². The van der Waals surface area contributed by atoms with Gasteiger partial charge in [0.2, 0.25) is 5.91 Å². The molecular weight excluding hydrogens is 440 g/mol. The Labute approximate surface area is 193 Å². The van der Waals surface area contributed by atoms with Gasteiger partial charge in [0.1, 0.15) is 5.82 Å². The number of hydrogen-bond acceptors (Lipinski definition) is 6. The van der Waals surface area contributed by atoms with Crippen LogP contribution in [0.15, 0.2) is 53.6 Å². The van der Waals surface area contributed by atoms with E-state index in [1.165, 1.54) is 6.26 Å². The van der Waals surface area contributed by atoms with Crippen molar-refractivity contribution in [2.45, 2.75) is 31.1 Å². The van der Waals surface area contributed by atoms with Gasteiger partial charge in [0.05, 0.1) is 10.4 Å². The lowest BCUT2D eigenvalue weighted by molar-refractivity contribution is -0.115. The molecule has 33 heavy (non-hydrogen) atoms. The summed E-state index contributed by atoms with van der Waals surface area (Å²) in [6, 6.07) is 11.8. The Kier molecular flexibility index (Phi) is 6.42. The van der Waals surface area contributed by atoms with Crippen LogP contribution in [0.25, 0.3) is 10.9 Å². The van der Waals surface area contributed by atoms with Gasteiger partial charge in [0.15, 0.2) is 9.84 Å². The molecule has 172 valence electrons. The second-order valence-corrected chi connectivity index (χ2v) is 10.4. The summed E-state index contributed by atoms with van der Waals surface area (Å²) in [6.45, 7) is 3.05. The molecule has 1 N–H and O–H groups in total. The van der Waals surface area contributed by atoms with Gasteiger partial charge in [-0.3, -0.25) is 9.59 Å². The molecule has 1 fully saturated rings. The van der Waals surface area contributed by atoms with E-state index >= 15 is 0 Å². The van der Waals surface area contributed by atoms with Crippen molar-refractivity contribution in [1.29, 1.82) is 0 Å². The molecule has 1 aliphatic heterocycles. The number of fused-ring (bicyclic) bond motifs is 1. The first-order valence-corrected chi connectivity index (χ1v) is 12.8. The number of likely N-dealkylation sites (tertiary alicyclic amines) is 1. The van der Waals surface area contributed by atoms with Crippen molar-refractivity contribution in [3.8, 4) is 0 Å². The maximum absolute atomic E-state index is 12.9. The lowest BCUT2D eigenvalue weighted by Crippen LogP contribution is -2.29. The Hall–Kier alpha value is -3.33. The molecule has 1 aliphatic rings. The maximum atomic E-state index is 12.9. The van der Waals surface area contributed by atoms with Crippen LogP contribution in [0.2, 0.25) is 0 Å².